The van der Waals surface area contributed by atoms with Crippen molar-refractivity contribution in [3.63, 3.8) is 0 Å². The van der Waals surface area contributed by atoms with Gasteiger partial charge in [-0.1, -0.05) is 12.1 Å². The Morgan fingerprint density at radius 2 is 2.10 bits per heavy atom. The van der Waals surface area contributed by atoms with E-state index >= 15 is 0 Å². The predicted octanol–water partition coefficient (Wildman–Crippen LogP) is 2.31. The first kappa shape index (κ1) is 15.3. The van der Waals surface area contributed by atoms with Gasteiger partial charge < -0.3 is 15.0 Å². The number of nitrogens with zero attached hydrogens (tertiary/aromatic N) is 1. The first-order chi connectivity index (χ1) is 10.1. The third kappa shape index (κ3) is 5.04. The molecule has 2 aromatic rings. The Labute approximate surface area is 124 Å². The molecule has 0 atom stereocenters. The Bertz CT molecular complexity index is 547. The summed E-state index contributed by atoms with van der Waals surface area (Å²) in [6, 6.07) is 7.48. The molecule has 1 aromatic heterocycles. The maximum absolute atomic E-state index is 12.0. The molecule has 5 heteroatoms. The molecule has 0 unspecified atom stereocenters. The molecule has 2 rings (SSSR count). The van der Waals surface area contributed by atoms with Gasteiger partial charge in [0, 0.05) is 30.9 Å². The number of ether oxygens (including phenoxy) is 1. The number of amides is 1. The summed E-state index contributed by atoms with van der Waals surface area (Å²) in [4.78, 5) is 19.1. The maximum Gasteiger partial charge on any atom is 0.251 e. The number of imidazole rings is 1. The van der Waals surface area contributed by atoms with Gasteiger partial charge in [0.2, 0.25) is 0 Å². The second-order valence-electron chi connectivity index (χ2n) is 5.10. The molecule has 2 N–H and O–H groups in total. The lowest BCUT2D eigenvalue weighted by Gasteiger charge is -2.08. The highest BCUT2D eigenvalue weighted by Crippen LogP contribution is 2.07. The number of hydrogen-bond acceptors (Lipinski definition) is 3. The third-order valence-corrected chi connectivity index (χ3v) is 3.00. The lowest BCUT2D eigenvalue weighted by molar-refractivity contribution is 0.0657. The Hall–Kier alpha value is -2.14. The topological polar surface area (TPSA) is 67.0 Å². The molecule has 21 heavy (non-hydrogen) atoms. The molecule has 1 aromatic carbocycles. The van der Waals surface area contributed by atoms with Crippen LogP contribution in [-0.4, -0.2) is 28.5 Å². The van der Waals surface area contributed by atoms with Gasteiger partial charge in [-0.2, -0.15) is 0 Å². The van der Waals surface area contributed by atoms with Crippen molar-refractivity contribution in [1.82, 2.24) is 15.3 Å². The number of H-pyrrole nitrogens is 1. The Balaban J connectivity index is 1.79. The zero-order valence-electron chi connectivity index (χ0n) is 12.4. The van der Waals surface area contributed by atoms with E-state index in [4.69, 9.17) is 4.74 Å². The standard InChI is InChI=1S/C16H21N3O2/c1-12(2)21-11-13-3-5-14(6-4-13)16(20)19-8-7-15-17-9-10-18-15/h3-6,9-10,12H,7-8,11H2,1-2H3,(H,17,18)(H,19,20). The van der Waals surface area contributed by atoms with E-state index in [9.17, 15) is 4.79 Å². The Morgan fingerprint density at radius 3 is 2.71 bits per heavy atom. The van der Waals surface area contributed by atoms with E-state index in [2.05, 4.69) is 15.3 Å². The van der Waals surface area contributed by atoms with Crippen molar-refractivity contribution in [2.45, 2.75) is 33.0 Å². The molecule has 0 spiro atoms. The van der Waals surface area contributed by atoms with Crippen molar-refractivity contribution < 1.29 is 9.53 Å². The van der Waals surface area contributed by atoms with E-state index in [-0.39, 0.29) is 12.0 Å². The fourth-order valence-corrected chi connectivity index (χ4v) is 1.85. The fourth-order valence-electron chi connectivity index (χ4n) is 1.85. The van der Waals surface area contributed by atoms with Crippen molar-refractivity contribution in [3.05, 3.63) is 53.6 Å². The number of carbonyl (C=O) groups is 1. The first-order valence-electron chi connectivity index (χ1n) is 7.12. The maximum atomic E-state index is 12.0. The molecule has 0 fully saturated rings. The molecule has 1 heterocycles. The SMILES string of the molecule is CC(C)OCc1ccc(C(=O)NCCc2ncc[nH]2)cc1. The second kappa shape index (κ2) is 7.59. The highest BCUT2D eigenvalue weighted by Gasteiger charge is 2.05. The first-order valence-corrected chi connectivity index (χ1v) is 7.12. The molecule has 0 aliphatic heterocycles. The monoisotopic (exact) mass is 287 g/mol. The minimum atomic E-state index is -0.0714. The zero-order chi connectivity index (χ0) is 15.1. The summed E-state index contributed by atoms with van der Waals surface area (Å²) in [6.07, 6.45) is 4.37. The van der Waals surface area contributed by atoms with Gasteiger partial charge in [-0.3, -0.25) is 4.79 Å². The highest BCUT2D eigenvalue weighted by molar-refractivity contribution is 5.94. The van der Waals surface area contributed by atoms with Crippen LogP contribution in [0.25, 0.3) is 0 Å². The van der Waals surface area contributed by atoms with Crippen LogP contribution in [0.15, 0.2) is 36.7 Å². The molecule has 0 aliphatic carbocycles. The van der Waals surface area contributed by atoms with Crippen LogP contribution in [0.2, 0.25) is 0 Å². The van der Waals surface area contributed by atoms with Gasteiger partial charge in [0.25, 0.3) is 5.91 Å². The summed E-state index contributed by atoms with van der Waals surface area (Å²) < 4.78 is 5.52. The third-order valence-electron chi connectivity index (χ3n) is 3.00. The van der Waals surface area contributed by atoms with E-state index in [1.807, 2.05) is 38.1 Å². The van der Waals surface area contributed by atoms with Gasteiger partial charge in [0.05, 0.1) is 12.7 Å². The lowest BCUT2D eigenvalue weighted by atomic mass is 10.1. The van der Waals surface area contributed by atoms with Gasteiger partial charge in [-0.15, -0.1) is 0 Å². The summed E-state index contributed by atoms with van der Waals surface area (Å²) in [5, 5.41) is 2.88. The number of benzene rings is 1. The summed E-state index contributed by atoms with van der Waals surface area (Å²) in [5.41, 5.74) is 1.72. The van der Waals surface area contributed by atoms with Crippen LogP contribution in [0, 0.1) is 0 Å². The van der Waals surface area contributed by atoms with Gasteiger partial charge in [-0.05, 0) is 31.5 Å². The van der Waals surface area contributed by atoms with Crippen LogP contribution >= 0.6 is 0 Å². The number of aromatic nitrogens is 2. The van der Waals surface area contributed by atoms with Crippen molar-refractivity contribution >= 4 is 5.91 Å². The van der Waals surface area contributed by atoms with E-state index in [1.165, 1.54) is 0 Å². The van der Waals surface area contributed by atoms with Crippen LogP contribution in [-0.2, 0) is 17.8 Å². The lowest BCUT2D eigenvalue weighted by Crippen LogP contribution is -2.25. The van der Waals surface area contributed by atoms with E-state index < -0.39 is 0 Å². The summed E-state index contributed by atoms with van der Waals surface area (Å²) in [7, 11) is 0. The normalized spacial score (nSPS) is 10.8. The number of nitrogens with one attached hydrogen (secondary N) is 2. The molecule has 112 valence electrons. The van der Waals surface area contributed by atoms with Gasteiger partial charge in [0.1, 0.15) is 5.82 Å². The molecular formula is C16H21N3O2. The molecule has 0 bridgehead atoms. The van der Waals surface area contributed by atoms with Crippen LogP contribution < -0.4 is 5.32 Å². The van der Waals surface area contributed by atoms with Crippen LogP contribution in [0.1, 0.15) is 35.6 Å². The minimum Gasteiger partial charge on any atom is -0.374 e. The number of carbonyl (C=O) groups excluding carboxylic acids is 1. The van der Waals surface area contributed by atoms with Gasteiger partial charge in [0.15, 0.2) is 0 Å². The quantitative estimate of drug-likeness (QED) is 0.821. The van der Waals surface area contributed by atoms with E-state index in [1.54, 1.807) is 12.4 Å². The Morgan fingerprint density at radius 1 is 1.33 bits per heavy atom. The highest BCUT2D eigenvalue weighted by atomic mass is 16.5. The van der Waals surface area contributed by atoms with Crippen LogP contribution in [0.5, 0.6) is 0 Å². The largest absolute Gasteiger partial charge is 0.374 e. The summed E-state index contributed by atoms with van der Waals surface area (Å²) in [6.45, 7) is 5.13. The zero-order valence-corrected chi connectivity index (χ0v) is 12.4. The molecule has 0 saturated heterocycles. The average molecular weight is 287 g/mol. The van der Waals surface area contributed by atoms with Crippen molar-refractivity contribution in [1.29, 1.82) is 0 Å². The molecule has 0 radical (unpaired) electrons. The van der Waals surface area contributed by atoms with Crippen molar-refractivity contribution in [2.24, 2.45) is 0 Å². The Kier molecular flexibility index (Phi) is 5.51. The summed E-state index contributed by atoms with van der Waals surface area (Å²) in [5.74, 6) is 0.800. The van der Waals surface area contributed by atoms with Gasteiger partial charge in [-0.25, -0.2) is 4.98 Å². The van der Waals surface area contributed by atoms with Crippen molar-refractivity contribution in [2.75, 3.05) is 6.54 Å². The number of rotatable bonds is 7. The number of aromatic amines is 1. The second-order valence-corrected chi connectivity index (χ2v) is 5.10. The molecule has 1 amide bonds. The molecular weight excluding hydrogens is 266 g/mol. The summed E-state index contributed by atoms with van der Waals surface area (Å²) >= 11 is 0. The smallest absolute Gasteiger partial charge is 0.251 e. The van der Waals surface area contributed by atoms with Crippen molar-refractivity contribution in [3.8, 4) is 0 Å². The predicted molar refractivity (Wildman–Crippen MR) is 81.0 cm³/mol. The number of hydrogen-bond donors (Lipinski definition) is 2. The van der Waals surface area contributed by atoms with Gasteiger partial charge >= 0.3 is 0 Å². The van der Waals surface area contributed by atoms with Crippen LogP contribution in [0.4, 0.5) is 0 Å². The average Bonchev–Trinajstić information content (AvgIpc) is 2.99. The molecule has 0 saturated carbocycles. The minimum absolute atomic E-state index is 0.0714. The van der Waals surface area contributed by atoms with E-state index in [0.29, 0.717) is 25.1 Å². The van der Waals surface area contributed by atoms with E-state index in [0.717, 1.165) is 11.4 Å². The molecule has 0 aliphatic rings. The van der Waals surface area contributed by atoms with Crippen LogP contribution in [0.3, 0.4) is 0 Å². The molecule has 5 nitrogen and oxygen atoms in total. The fraction of sp³-hybridized carbons (Fsp3) is 0.375.